The van der Waals surface area contributed by atoms with Crippen LogP contribution in [0.15, 0.2) is 84.9 Å². The molecule has 0 heterocycles. The van der Waals surface area contributed by atoms with Gasteiger partial charge in [0.1, 0.15) is 12.4 Å². The zero-order valence-electron chi connectivity index (χ0n) is 19.4. The van der Waals surface area contributed by atoms with E-state index < -0.39 is 0 Å². The molecule has 33 heavy (non-hydrogen) atoms. The Balaban J connectivity index is 1.59. The maximum Gasteiger partial charge on any atom is 0.153 e. The molecule has 0 atom stereocenters. The van der Waals surface area contributed by atoms with Crippen LogP contribution in [-0.4, -0.2) is 6.29 Å². The highest BCUT2D eigenvalue weighted by Gasteiger charge is 2.15. The van der Waals surface area contributed by atoms with Gasteiger partial charge < -0.3 is 10.1 Å². The van der Waals surface area contributed by atoms with Gasteiger partial charge in [0.2, 0.25) is 0 Å². The predicted molar refractivity (Wildman–Crippen MR) is 136 cm³/mol. The molecule has 0 saturated carbocycles. The average Bonchev–Trinajstić information content (AvgIpc) is 2.85. The lowest BCUT2D eigenvalue weighted by molar-refractivity contribution is 0.111. The number of ether oxygens (including phenoxy) is 1. The molecule has 0 fully saturated rings. The van der Waals surface area contributed by atoms with Gasteiger partial charge in [0, 0.05) is 17.8 Å². The lowest BCUT2D eigenvalue weighted by atomic mass is 9.96. The van der Waals surface area contributed by atoms with Gasteiger partial charge in [0.25, 0.3) is 0 Å². The topological polar surface area (TPSA) is 38.3 Å². The van der Waals surface area contributed by atoms with Gasteiger partial charge in [-0.2, -0.15) is 0 Å². The van der Waals surface area contributed by atoms with Crippen LogP contribution in [0.2, 0.25) is 0 Å². The lowest BCUT2D eigenvalue weighted by Gasteiger charge is -2.20. The first kappa shape index (κ1) is 22.3. The van der Waals surface area contributed by atoms with Gasteiger partial charge in [-0.1, -0.05) is 78.9 Å². The smallest absolute Gasteiger partial charge is 0.153 e. The van der Waals surface area contributed by atoms with Crippen LogP contribution in [0.4, 0.5) is 5.69 Å². The van der Waals surface area contributed by atoms with Crippen LogP contribution < -0.4 is 10.1 Å². The third kappa shape index (κ3) is 4.98. The van der Waals surface area contributed by atoms with E-state index >= 15 is 0 Å². The normalized spacial score (nSPS) is 10.6. The van der Waals surface area contributed by atoms with Crippen molar-refractivity contribution in [3.63, 3.8) is 0 Å². The summed E-state index contributed by atoms with van der Waals surface area (Å²) in [6.07, 6.45) is 0.873. The molecule has 0 radical (unpaired) electrons. The Bertz CT molecular complexity index is 1250. The summed E-state index contributed by atoms with van der Waals surface area (Å²) in [5.74, 6) is 0.636. The number of nitrogens with one attached hydrogen (secondary N) is 1. The molecule has 1 N–H and O–H groups in total. The van der Waals surface area contributed by atoms with Crippen LogP contribution in [0.5, 0.6) is 5.75 Å². The van der Waals surface area contributed by atoms with Gasteiger partial charge in [-0.05, 0) is 60.2 Å². The van der Waals surface area contributed by atoms with Crippen LogP contribution in [0.25, 0.3) is 11.1 Å². The summed E-state index contributed by atoms with van der Waals surface area (Å²) >= 11 is 0. The van der Waals surface area contributed by atoms with E-state index in [1.165, 1.54) is 22.3 Å². The number of anilines is 1. The van der Waals surface area contributed by atoms with Crippen LogP contribution >= 0.6 is 0 Å². The highest BCUT2D eigenvalue weighted by atomic mass is 16.5. The molecule has 4 aromatic carbocycles. The molecule has 166 valence electrons. The van der Waals surface area contributed by atoms with E-state index in [-0.39, 0.29) is 0 Å². The van der Waals surface area contributed by atoms with Crippen molar-refractivity contribution in [2.45, 2.75) is 33.9 Å². The summed E-state index contributed by atoms with van der Waals surface area (Å²) in [5, 5.41) is 3.61. The molecular weight excluding hydrogens is 406 g/mol. The second-order valence-electron chi connectivity index (χ2n) is 8.31. The molecule has 0 unspecified atom stereocenters. The third-order valence-electron chi connectivity index (χ3n) is 6.08. The number of carbonyl (C=O) groups excluding carboxylic acids is 1. The highest BCUT2D eigenvalue weighted by Crippen LogP contribution is 2.34. The Labute approximate surface area is 196 Å². The summed E-state index contributed by atoms with van der Waals surface area (Å²) in [4.78, 5) is 11.8. The molecule has 0 bridgehead atoms. The number of carbonyl (C=O) groups is 1. The minimum atomic E-state index is 0.420. The second kappa shape index (κ2) is 10.2. The first-order chi connectivity index (χ1) is 16.1. The van der Waals surface area contributed by atoms with E-state index in [4.69, 9.17) is 4.74 Å². The number of rotatable bonds is 8. The van der Waals surface area contributed by atoms with Crippen molar-refractivity contribution in [3.05, 3.63) is 118 Å². The Hall–Kier alpha value is -3.85. The zero-order chi connectivity index (χ0) is 23.2. The van der Waals surface area contributed by atoms with Gasteiger partial charge in [-0.25, -0.2) is 0 Å². The Morgan fingerprint density at radius 3 is 2.21 bits per heavy atom. The zero-order valence-corrected chi connectivity index (χ0v) is 19.4. The van der Waals surface area contributed by atoms with Crippen molar-refractivity contribution in [2.75, 3.05) is 5.32 Å². The van der Waals surface area contributed by atoms with Crippen molar-refractivity contribution in [3.8, 4) is 16.9 Å². The first-order valence-electron chi connectivity index (χ1n) is 11.2. The first-order valence-corrected chi connectivity index (χ1v) is 11.2. The Morgan fingerprint density at radius 1 is 0.818 bits per heavy atom. The molecule has 4 aromatic rings. The molecule has 0 amide bonds. The Kier molecular flexibility index (Phi) is 6.89. The van der Waals surface area contributed by atoms with Gasteiger partial charge in [0.15, 0.2) is 6.29 Å². The maximum atomic E-state index is 11.8. The highest BCUT2D eigenvalue weighted by molar-refractivity contribution is 5.84. The fourth-order valence-corrected chi connectivity index (χ4v) is 4.27. The van der Waals surface area contributed by atoms with E-state index in [0.29, 0.717) is 24.5 Å². The molecule has 3 heteroatoms. The monoisotopic (exact) mass is 435 g/mol. The van der Waals surface area contributed by atoms with Crippen molar-refractivity contribution >= 4 is 12.0 Å². The average molecular weight is 436 g/mol. The molecule has 0 aliphatic rings. The summed E-state index contributed by atoms with van der Waals surface area (Å²) in [6, 6.07) is 28.8. The van der Waals surface area contributed by atoms with Crippen molar-refractivity contribution in [1.82, 2.24) is 0 Å². The van der Waals surface area contributed by atoms with Gasteiger partial charge in [-0.15, -0.1) is 0 Å². The second-order valence-corrected chi connectivity index (χ2v) is 8.31. The van der Waals surface area contributed by atoms with Gasteiger partial charge >= 0.3 is 0 Å². The SMILES string of the molecule is Cc1cc(C=O)c(OCc2ccccc2)c(C)c1NCc1cccc(-c2ccccc2)c1C. The number of hydrogen-bond donors (Lipinski definition) is 1. The molecule has 0 saturated heterocycles. The van der Waals surface area contributed by atoms with Gasteiger partial charge in [-0.3, -0.25) is 4.79 Å². The quantitative estimate of drug-likeness (QED) is 0.296. The van der Waals surface area contributed by atoms with E-state index in [1.54, 1.807) is 0 Å². The molecule has 0 aromatic heterocycles. The fraction of sp³-hybridized carbons (Fsp3) is 0.167. The van der Waals surface area contributed by atoms with Gasteiger partial charge in [0.05, 0.1) is 5.56 Å². The summed E-state index contributed by atoms with van der Waals surface area (Å²) < 4.78 is 6.12. The maximum absolute atomic E-state index is 11.8. The fourth-order valence-electron chi connectivity index (χ4n) is 4.27. The summed E-state index contributed by atoms with van der Waals surface area (Å²) in [6.45, 7) is 7.31. The predicted octanol–water partition coefficient (Wildman–Crippen LogP) is 7.28. The molecular formula is C30H29NO2. The number of hydrogen-bond acceptors (Lipinski definition) is 3. The molecule has 0 aliphatic carbocycles. The summed E-state index contributed by atoms with van der Waals surface area (Å²) in [7, 11) is 0. The van der Waals surface area contributed by atoms with E-state index in [2.05, 4.69) is 54.7 Å². The minimum Gasteiger partial charge on any atom is -0.488 e. The molecule has 4 rings (SSSR count). The number of aldehydes is 1. The van der Waals surface area contributed by atoms with E-state index in [9.17, 15) is 4.79 Å². The minimum absolute atomic E-state index is 0.420. The third-order valence-corrected chi connectivity index (χ3v) is 6.08. The Morgan fingerprint density at radius 2 is 1.52 bits per heavy atom. The summed E-state index contributed by atoms with van der Waals surface area (Å²) in [5.41, 5.74) is 9.59. The van der Waals surface area contributed by atoms with Crippen LogP contribution in [0.1, 0.15) is 38.2 Å². The van der Waals surface area contributed by atoms with Crippen molar-refractivity contribution < 1.29 is 9.53 Å². The molecule has 3 nitrogen and oxygen atoms in total. The van der Waals surface area contributed by atoms with Crippen molar-refractivity contribution in [1.29, 1.82) is 0 Å². The van der Waals surface area contributed by atoms with E-state index in [0.717, 1.165) is 28.7 Å². The standard InChI is InChI=1S/C30H29NO2/c1-21-17-27(19-32)30(33-20-24-11-6-4-7-12-24)23(3)29(21)31-18-26-15-10-16-28(22(26)2)25-13-8-5-9-14-25/h4-17,19,31H,18,20H2,1-3H3. The van der Waals surface area contributed by atoms with Crippen molar-refractivity contribution in [2.24, 2.45) is 0 Å². The number of benzene rings is 4. The van der Waals surface area contributed by atoms with Crippen LogP contribution in [-0.2, 0) is 13.2 Å². The number of aryl methyl sites for hydroxylation is 1. The lowest BCUT2D eigenvalue weighted by Crippen LogP contribution is -2.08. The van der Waals surface area contributed by atoms with E-state index in [1.807, 2.05) is 56.3 Å². The molecule has 0 aliphatic heterocycles. The van der Waals surface area contributed by atoms with Crippen LogP contribution in [0.3, 0.4) is 0 Å². The van der Waals surface area contributed by atoms with Crippen LogP contribution in [0, 0.1) is 20.8 Å². The largest absolute Gasteiger partial charge is 0.488 e. The molecule has 0 spiro atoms.